The summed E-state index contributed by atoms with van der Waals surface area (Å²) in [6, 6.07) is 28.1. The molecule has 7 heteroatoms. The number of likely N-dealkylation sites (tertiary alicyclic amines) is 1. The van der Waals surface area contributed by atoms with Gasteiger partial charge in [0, 0.05) is 5.54 Å². The van der Waals surface area contributed by atoms with E-state index in [1.54, 1.807) is 4.90 Å². The van der Waals surface area contributed by atoms with Crippen LogP contribution in [0.3, 0.4) is 0 Å². The van der Waals surface area contributed by atoms with Crippen LogP contribution in [0.5, 0.6) is 0 Å². The van der Waals surface area contributed by atoms with Crippen molar-refractivity contribution < 1.29 is 23.8 Å². The Hall–Kier alpha value is -3.52. The summed E-state index contributed by atoms with van der Waals surface area (Å²) < 4.78 is 19.2. The molecule has 0 unspecified atom stereocenters. The number of carbonyl (C=O) groups excluding carboxylic acids is 2. The first kappa shape index (κ1) is 32.4. The maximum Gasteiger partial charge on any atom is 0.246 e. The van der Waals surface area contributed by atoms with Crippen molar-refractivity contribution in [2.75, 3.05) is 6.61 Å². The molecule has 7 nitrogen and oxygen atoms in total. The van der Waals surface area contributed by atoms with Gasteiger partial charge in [-0.25, -0.2) is 0 Å². The highest BCUT2D eigenvalue weighted by Gasteiger charge is 2.54. The summed E-state index contributed by atoms with van der Waals surface area (Å²) in [5, 5.41) is 3.23. The van der Waals surface area contributed by atoms with Crippen molar-refractivity contribution in [3.05, 3.63) is 108 Å². The van der Waals surface area contributed by atoms with Crippen LogP contribution in [0.25, 0.3) is 0 Å². The topological polar surface area (TPSA) is 77.1 Å². The molecule has 3 aromatic carbocycles. The highest BCUT2D eigenvalue weighted by molar-refractivity contribution is 5.86. The van der Waals surface area contributed by atoms with E-state index in [-0.39, 0.29) is 24.5 Å². The predicted molar refractivity (Wildman–Crippen MR) is 168 cm³/mol. The van der Waals surface area contributed by atoms with Crippen LogP contribution in [-0.4, -0.2) is 53.7 Å². The van der Waals surface area contributed by atoms with Gasteiger partial charge < -0.3 is 24.4 Å². The number of nitrogens with one attached hydrogen (secondary N) is 1. The fourth-order valence-corrected chi connectivity index (χ4v) is 6.13. The van der Waals surface area contributed by atoms with E-state index < -0.39 is 29.8 Å². The second-order valence-corrected chi connectivity index (χ2v) is 13.2. The number of amides is 2. The third-order valence-electron chi connectivity index (χ3n) is 7.51. The number of hydrogen-bond acceptors (Lipinski definition) is 5. The van der Waals surface area contributed by atoms with E-state index in [1.165, 1.54) is 0 Å². The number of carbonyl (C=O) groups is 2. The number of rotatable bonds is 14. The average Bonchev–Trinajstić information content (AvgIpc) is 3.27. The van der Waals surface area contributed by atoms with Crippen LogP contribution in [0.1, 0.15) is 57.7 Å². The largest absolute Gasteiger partial charge is 0.375 e. The molecule has 1 saturated heterocycles. The molecule has 1 aliphatic heterocycles. The summed E-state index contributed by atoms with van der Waals surface area (Å²) >= 11 is 0. The Bertz CT molecular complexity index is 1280. The van der Waals surface area contributed by atoms with Gasteiger partial charge in [0.25, 0.3) is 0 Å². The summed E-state index contributed by atoms with van der Waals surface area (Å²) in [7, 11) is 0. The first-order chi connectivity index (χ1) is 20.6. The number of benzene rings is 3. The number of ether oxygens (including phenoxy) is 3. The van der Waals surface area contributed by atoms with Crippen LogP contribution in [-0.2, 0) is 43.6 Å². The molecule has 230 valence electrons. The molecule has 0 spiro atoms. The predicted octanol–water partition coefficient (Wildman–Crippen LogP) is 5.91. The Morgan fingerprint density at radius 1 is 0.744 bits per heavy atom. The Labute approximate surface area is 256 Å². The molecule has 1 heterocycles. The monoisotopic (exact) mass is 586 g/mol. The van der Waals surface area contributed by atoms with Gasteiger partial charge in [-0.05, 0) is 42.4 Å². The lowest BCUT2D eigenvalue weighted by atomic mass is 9.81. The highest BCUT2D eigenvalue weighted by Crippen LogP contribution is 2.33. The average molecular weight is 587 g/mol. The van der Waals surface area contributed by atoms with E-state index in [0.29, 0.717) is 13.2 Å². The molecular formula is C36H46N2O5. The Morgan fingerprint density at radius 3 is 1.67 bits per heavy atom. The quantitative estimate of drug-likeness (QED) is 0.238. The van der Waals surface area contributed by atoms with Crippen molar-refractivity contribution in [1.29, 1.82) is 0 Å². The van der Waals surface area contributed by atoms with Gasteiger partial charge in [0.2, 0.25) is 12.3 Å². The molecule has 43 heavy (non-hydrogen) atoms. The fraction of sp³-hybridized carbons (Fsp3) is 0.444. The Kier molecular flexibility index (Phi) is 11.1. The molecule has 0 bridgehead atoms. The Balaban J connectivity index is 1.64. The third-order valence-corrected chi connectivity index (χ3v) is 7.51. The number of hydrogen-bond donors (Lipinski definition) is 1. The van der Waals surface area contributed by atoms with E-state index >= 15 is 0 Å². The van der Waals surface area contributed by atoms with Crippen LogP contribution >= 0.6 is 0 Å². The van der Waals surface area contributed by atoms with Crippen molar-refractivity contribution in [2.45, 2.75) is 90.7 Å². The van der Waals surface area contributed by atoms with Crippen LogP contribution in [0.4, 0.5) is 0 Å². The lowest BCUT2D eigenvalue weighted by Crippen LogP contribution is -2.56. The molecule has 1 aliphatic rings. The molecule has 4 atom stereocenters. The highest BCUT2D eigenvalue weighted by atomic mass is 16.5. The zero-order valence-corrected chi connectivity index (χ0v) is 26.1. The third kappa shape index (κ3) is 9.48. The summed E-state index contributed by atoms with van der Waals surface area (Å²) in [5.41, 5.74) is 2.48. The van der Waals surface area contributed by atoms with Crippen LogP contribution < -0.4 is 5.32 Å². The normalized spacial score (nSPS) is 20.6. The molecule has 0 radical (unpaired) electrons. The second kappa shape index (κ2) is 14.8. The van der Waals surface area contributed by atoms with Crippen molar-refractivity contribution >= 4 is 12.3 Å². The minimum atomic E-state index is -0.897. The minimum Gasteiger partial charge on any atom is -0.375 e. The first-order valence-corrected chi connectivity index (χ1v) is 15.0. The molecule has 3 aromatic rings. The van der Waals surface area contributed by atoms with Crippen LogP contribution in [0.15, 0.2) is 91.0 Å². The molecule has 4 rings (SSSR count). The summed E-state index contributed by atoms with van der Waals surface area (Å²) in [5.74, 6) is -0.265. The van der Waals surface area contributed by atoms with E-state index in [9.17, 15) is 9.59 Å². The van der Waals surface area contributed by atoms with Crippen molar-refractivity contribution in [3.63, 3.8) is 0 Å². The minimum absolute atomic E-state index is 0.00481. The SMILES string of the molecule is CC(C)(C)CC(C)(C)NC(=O)[C@H]1[C@@H](OCc2ccccc2)[C@@H](OCc2ccccc2)[C@@H](COCc2ccccc2)N1C=O. The van der Waals surface area contributed by atoms with Gasteiger partial charge in [0.05, 0.1) is 32.5 Å². The lowest BCUT2D eigenvalue weighted by Gasteiger charge is -2.36. The number of nitrogens with zero attached hydrogens (tertiary/aromatic N) is 1. The second-order valence-electron chi connectivity index (χ2n) is 13.2. The fourth-order valence-electron chi connectivity index (χ4n) is 6.13. The molecule has 0 saturated carbocycles. The standard InChI is InChI=1S/C36H46N2O5/c1-35(2,3)25-36(4,5)37-34(40)31-33(43-23-29-19-13-8-14-20-29)32(42-22-28-17-11-7-12-18-28)30(38(31)26-39)24-41-21-27-15-9-6-10-16-27/h6-20,26,30-33H,21-25H2,1-5H3,(H,37,40)/t30-,31-,32+,33-/m1/s1. The van der Waals surface area contributed by atoms with E-state index in [2.05, 4.69) is 26.1 Å². The zero-order valence-electron chi connectivity index (χ0n) is 26.1. The van der Waals surface area contributed by atoms with Crippen molar-refractivity contribution in [2.24, 2.45) is 5.41 Å². The van der Waals surface area contributed by atoms with E-state index in [4.69, 9.17) is 14.2 Å². The van der Waals surface area contributed by atoms with Crippen molar-refractivity contribution in [1.82, 2.24) is 10.2 Å². The molecule has 1 fully saturated rings. The molecule has 0 aromatic heterocycles. The van der Waals surface area contributed by atoms with Gasteiger partial charge in [-0.3, -0.25) is 9.59 Å². The maximum absolute atomic E-state index is 14.1. The summed E-state index contributed by atoms with van der Waals surface area (Å²) in [6.45, 7) is 11.6. The van der Waals surface area contributed by atoms with Gasteiger partial charge in [0.15, 0.2) is 0 Å². The van der Waals surface area contributed by atoms with Gasteiger partial charge >= 0.3 is 0 Å². The van der Waals surface area contributed by atoms with Crippen molar-refractivity contribution in [3.8, 4) is 0 Å². The summed E-state index contributed by atoms with van der Waals surface area (Å²) in [4.78, 5) is 28.4. The molecule has 0 aliphatic carbocycles. The Morgan fingerprint density at radius 2 is 1.21 bits per heavy atom. The zero-order chi connectivity index (χ0) is 30.9. The van der Waals surface area contributed by atoms with Gasteiger partial charge in [-0.1, -0.05) is 112 Å². The lowest BCUT2D eigenvalue weighted by molar-refractivity contribution is -0.139. The van der Waals surface area contributed by atoms with Crippen LogP contribution in [0, 0.1) is 5.41 Å². The van der Waals surface area contributed by atoms with E-state index in [0.717, 1.165) is 29.5 Å². The molecule has 2 amide bonds. The van der Waals surface area contributed by atoms with Gasteiger partial charge in [-0.2, -0.15) is 0 Å². The van der Waals surface area contributed by atoms with Gasteiger partial charge in [-0.15, -0.1) is 0 Å². The smallest absolute Gasteiger partial charge is 0.246 e. The molecule has 1 N–H and O–H groups in total. The molecular weight excluding hydrogens is 540 g/mol. The van der Waals surface area contributed by atoms with Crippen LogP contribution in [0.2, 0.25) is 0 Å². The van der Waals surface area contributed by atoms with E-state index in [1.807, 2.05) is 105 Å². The van der Waals surface area contributed by atoms with Gasteiger partial charge in [0.1, 0.15) is 18.2 Å². The summed E-state index contributed by atoms with van der Waals surface area (Å²) in [6.07, 6.45) is 0.172. The maximum atomic E-state index is 14.1. The first-order valence-electron chi connectivity index (χ1n) is 15.0.